The van der Waals surface area contributed by atoms with Crippen LogP contribution in [0.2, 0.25) is 0 Å². The van der Waals surface area contributed by atoms with E-state index in [2.05, 4.69) is 137 Å². The molecule has 3 heterocycles. The van der Waals surface area contributed by atoms with Gasteiger partial charge in [0.1, 0.15) is 0 Å². The van der Waals surface area contributed by atoms with Gasteiger partial charge in [-0.25, -0.2) is 4.98 Å². The Kier molecular flexibility index (Phi) is 3.99. The first-order valence-electron chi connectivity index (χ1n) is 13.4. The molecular weight excluding hydrogens is 474 g/mol. The Balaban J connectivity index is 1.46. The third-order valence-corrected chi connectivity index (χ3v) is 8.35. The Bertz CT molecular complexity index is 2390. The second-order valence-electron chi connectivity index (χ2n) is 10.6. The summed E-state index contributed by atoms with van der Waals surface area (Å²) in [7, 11) is 0. The summed E-state index contributed by atoms with van der Waals surface area (Å²) in [5.74, 6) is 0.966. The minimum atomic E-state index is 0.966. The molecular formula is C36H23N3. The predicted molar refractivity (Wildman–Crippen MR) is 163 cm³/mol. The highest BCUT2D eigenvalue weighted by molar-refractivity contribution is 6.19. The van der Waals surface area contributed by atoms with Gasteiger partial charge >= 0.3 is 0 Å². The van der Waals surface area contributed by atoms with E-state index < -0.39 is 0 Å². The van der Waals surface area contributed by atoms with E-state index in [-0.39, 0.29) is 0 Å². The van der Waals surface area contributed by atoms with Crippen molar-refractivity contribution < 1.29 is 0 Å². The lowest BCUT2D eigenvalue weighted by Gasteiger charge is -2.11. The first-order chi connectivity index (χ1) is 19.2. The number of aromatic nitrogens is 3. The molecule has 0 fully saturated rings. The number of aryl methyl sites for hydroxylation is 1. The predicted octanol–water partition coefficient (Wildman–Crippen LogP) is 9.28. The Morgan fingerprint density at radius 3 is 2.15 bits per heavy atom. The smallest absolute Gasteiger partial charge is 0.220 e. The maximum atomic E-state index is 5.14. The summed E-state index contributed by atoms with van der Waals surface area (Å²) in [5, 5.41) is 5.03. The standard InChI is InChI=1S/C36H23N3/c1-22-15-16-26(23-9-3-2-4-10-23)17-28(22)27-19-30-29-18-24-11-5-6-12-25(24)20-33(29)39-35(30)34(21-27)38-32-14-8-7-13-31(32)37-36(38)39/h2-21H,1H3. The second-order valence-corrected chi connectivity index (χ2v) is 10.6. The van der Waals surface area contributed by atoms with Crippen LogP contribution in [0.25, 0.3) is 77.2 Å². The van der Waals surface area contributed by atoms with Crippen molar-refractivity contribution in [2.45, 2.75) is 6.92 Å². The van der Waals surface area contributed by atoms with Crippen molar-refractivity contribution in [2.75, 3.05) is 0 Å². The van der Waals surface area contributed by atoms with Gasteiger partial charge in [0.05, 0.1) is 27.6 Å². The third-order valence-electron chi connectivity index (χ3n) is 8.35. The van der Waals surface area contributed by atoms with Crippen LogP contribution in [0.1, 0.15) is 5.56 Å². The molecule has 0 atom stereocenters. The first kappa shape index (κ1) is 20.9. The molecule has 0 spiro atoms. The molecule has 0 N–H and O–H groups in total. The van der Waals surface area contributed by atoms with E-state index in [1.807, 2.05) is 0 Å². The number of fused-ring (bicyclic) bond motifs is 9. The Hall–Kier alpha value is -5.15. The van der Waals surface area contributed by atoms with Crippen LogP contribution in [0.3, 0.4) is 0 Å². The van der Waals surface area contributed by atoms with E-state index >= 15 is 0 Å². The molecule has 0 radical (unpaired) electrons. The highest BCUT2D eigenvalue weighted by atomic mass is 15.2. The van der Waals surface area contributed by atoms with E-state index in [0.29, 0.717) is 0 Å². The summed E-state index contributed by atoms with van der Waals surface area (Å²) in [4.78, 5) is 5.14. The zero-order valence-corrected chi connectivity index (χ0v) is 21.4. The fourth-order valence-electron chi connectivity index (χ4n) is 6.49. The molecule has 3 aromatic heterocycles. The molecule has 0 saturated carbocycles. The molecule has 182 valence electrons. The quantitative estimate of drug-likeness (QED) is 0.233. The summed E-state index contributed by atoms with van der Waals surface area (Å²) >= 11 is 0. The molecule has 6 aromatic carbocycles. The summed E-state index contributed by atoms with van der Waals surface area (Å²) in [6, 6.07) is 44.0. The number of rotatable bonds is 2. The summed E-state index contributed by atoms with van der Waals surface area (Å²) < 4.78 is 4.70. The molecule has 0 saturated heterocycles. The van der Waals surface area contributed by atoms with E-state index in [4.69, 9.17) is 4.98 Å². The van der Waals surface area contributed by atoms with Crippen molar-refractivity contribution in [3.8, 4) is 22.3 Å². The molecule has 3 heteroatoms. The van der Waals surface area contributed by atoms with Crippen LogP contribution in [0.5, 0.6) is 0 Å². The van der Waals surface area contributed by atoms with Gasteiger partial charge in [0.25, 0.3) is 0 Å². The monoisotopic (exact) mass is 497 g/mol. The number of para-hydroxylation sites is 2. The van der Waals surface area contributed by atoms with Gasteiger partial charge < -0.3 is 0 Å². The van der Waals surface area contributed by atoms with Gasteiger partial charge in [0.15, 0.2) is 0 Å². The van der Waals surface area contributed by atoms with Crippen molar-refractivity contribution >= 4 is 54.9 Å². The molecule has 0 unspecified atom stereocenters. The van der Waals surface area contributed by atoms with Crippen LogP contribution < -0.4 is 0 Å². The van der Waals surface area contributed by atoms with E-state index in [1.54, 1.807) is 0 Å². The van der Waals surface area contributed by atoms with Gasteiger partial charge in [-0.1, -0.05) is 78.9 Å². The van der Waals surface area contributed by atoms with E-state index in [1.165, 1.54) is 65.9 Å². The number of benzene rings is 6. The van der Waals surface area contributed by atoms with Crippen LogP contribution in [-0.4, -0.2) is 13.8 Å². The lowest BCUT2D eigenvalue weighted by molar-refractivity contribution is 1.22. The lowest BCUT2D eigenvalue weighted by Crippen LogP contribution is -1.88. The van der Waals surface area contributed by atoms with Gasteiger partial charge in [-0.15, -0.1) is 0 Å². The number of hydrogen-bond donors (Lipinski definition) is 0. The molecule has 0 aliphatic carbocycles. The van der Waals surface area contributed by atoms with Gasteiger partial charge in [0, 0.05) is 10.8 Å². The molecule has 0 amide bonds. The average Bonchev–Trinajstić information content (AvgIpc) is 3.62. The van der Waals surface area contributed by atoms with E-state index in [9.17, 15) is 0 Å². The van der Waals surface area contributed by atoms with Crippen molar-refractivity contribution in [3.05, 3.63) is 127 Å². The van der Waals surface area contributed by atoms with Crippen molar-refractivity contribution in [3.63, 3.8) is 0 Å². The molecule has 9 aromatic rings. The summed E-state index contributed by atoms with van der Waals surface area (Å²) in [6.07, 6.45) is 0. The number of hydrogen-bond acceptors (Lipinski definition) is 1. The lowest BCUT2D eigenvalue weighted by atomic mass is 9.94. The molecule has 9 rings (SSSR count). The zero-order chi connectivity index (χ0) is 25.7. The Morgan fingerprint density at radius 1 is 0.513 bits per heavy atom. The molecule has 3 nitrogen and oxygen atoms in total. The van der Waals surface area contributed by atoms with Crippen LogP contribution in [-0.2, 0) is 0 Å². The minimum absolute atomic E-state index is 0.966. The minimum Gasteiger partial charge on any atom is -0.277 e. The van der Waals surface area contributed by atoms with Crippen LogP contribution in [0.4, 0.5) is 0 Å². The zero-order valence-electron chi connectivity index (χ0n) is 21.4. The second kappa shape index (κ2) is 7.46. The van der Waals surface area contributed by atoms with Gasteiger partial charge in [0.2, 0.25) is 5.78 Å². The molecule has 39 heavy (non-hydrogen) atoms. The van der Waals surface area contributed by atoms with Crippen molar-refractivity contribution in [1.29, 1.82) is 0 Å². The van der Waals surface area contributed by atoms with Crippen LogP contribution in [0.15, 0.2) is 121 Å². The molecule has 0 aliphatic rings. The summed E-state index contributed by atoms with van der Waals surface area (Å²) in [5.41, 5.74) is 12.0. The van der Waals surface area contributed by atoms with Gasteiger partial charge in [-0.2, -0.15) is 0 Å². The normalized spacial score (nSPS) is 12.2. The number of imidazole rings is 2. The maximum Gasteiger partial charge on any atom is 0.220 e. The molecule has 0 bridgehead atoms. The van der Waals surface area contributed by atoms with Gasteiger partial charge in [-0.05, 0) is 88.0 Å². The average molecular weight is 498 g/mol. The highest BCUT2D eigenvalue weighted by Gasteiger charge is 2.22. The fourth-order valence-corrected chi connectivity index (χ4v) is 6.49. The van der Waals surface area contributed by atoms with Crippen molar-refractivity contribution in [1.82, 2.24) is 13.8 Å². The molecule has 0 aliphatic heterocycles. The number of nitrogens with zero attached hydrogens (tertiary/aromatic N) is 3. The van der Waals surface area contributed by atoms with Crippen molar-refractivity contribution in [2.24, 2.45) is 0 Å². The first-order valence-corrected chi connectivity index (χ1v) is 13.4. The Labute approximate surface area is 224 Å². The van der Waals surface area contributed by atoms with E-state index in [0.717, 1.165) is 16.8 Å². The third kappa shape index (κ3) is 2.79. The largest absolute Gasteiger partial charge is 0.277 e. The van der Waals surface area contributed by atoms with Crippen LogP contribution in [0, 0.1) is 6.92 Å². The topological polar surface area (TPSA) is 21.7 Å². The fraction of sp³-hybridized carbons (Fsp3) is 0.0278. The highest BCUT2D eigenvalue weighted by Crippen LogP contribution is 2.41. The maximum absolute atomic E-state index is 5.14. The summed E-state index contributed by atoms with van der Waals surface area (Å²) in [6.45, 7) is 2.21. The SMILES string of the molecule is Cc1ccc(-c2ccccc2)cc1-c1cc2c3cc4ccccc4cc3n3c2c(c1)n1c2ccccc2nc13. The van der Waals surface area contributed by atoms with Crippen LogP contribution >= 0.6 is 0 Å². The van der Waals surface area contributed by atoms with Gasteiger partial charge in [-0.3, -0.25) is 8.80 Å². The Morgan fingerprint density at radius 2 is 1.28 bits per heavy atom.